The Bertz CT molecular complexity index is 798. The summed E-state index contributed by atoms with van der Waals surface area (Å²) in [6, 6.07) is 10.5. The molecule has 6 heteroatoms. The topological polar surface area (TPSA) is 43.2 Å². The smallest absolute Gasteiger partial charge is 0.123 e. The molecule has 0 amide bonds. The Hall–Kier alpha value is -2.02. The summed E-state index contributed by atoms with van der Waals surface area (Å²) in [5, 5.41) is 7.50. The molecule has 0 aliphatic carbocycles. The third-order valence-corrected chi connectivity index (χ3v) is 5.18. The summed E-state index contributed by atoms with van der Waals surface area (Å²) in [6.45, 7) is 3.25. The SMILES string of the molecule is Cn1cc(CN2CCOCC2c2csc(-c3ccccc3)n2)cn1. The maximum atomic E-state index is 5.73. The molecule has 5 nitrogen and oxygen atoms in total. The molecular weight excluding hydrogens is 320 g/mol. The Morgan fingerprint density at radius 3 is 2.96 bits per heavy atom. The van der Waals surface area contributed by atoms with Gasteiger partial charge in [-0.25, -0.2) is 4.98 Å². The first-order chi connectivity index (χ1) is 11.8. The first kappa shape index (κ1) is 15.5. The maximum Gasteiger partial charge on any atom is 0.123 e. The Kier molecular flexibility index (Phi) is 4.42. The number of hydrogen-bond donors (Lipinski definition) is 0. The van der Waals surface area contributed by atoms with Gasteiger partial charge < -0.3 is 4.74 Å². The highest BCUT2D eigenvalue weighted by atomic mass is 32.1. The lowest BCUT2D eigenvalue weighted by molar-refractivity contribution is -0.0140. The fourth-order valence-electron chi connectivity index (χ4n) is 3.04. The zero-order valence-electron chi connectivity index (χ0n) is 13.6. The van der Waals surface area contributed by atoms with E-state index in [4.69, 9.17) is 9.72 Å². The average Bonchev–Trinajstić information content (AvgIpc) is 3.26. The van der Waals surface area contributed by atoms with Crippen LogP contribution in [0.15, 0.2) is 48.1 Å². The lowest BCUT2D eigenvalue weighted by atomic mass is 10.1. The van der Waals surface area contributed by atoms with Crippen molar-refractivity contribution in [1.82, 2.24) is 19.7 Å². The van der Waals surface area contributed by atoms with Crippen LogP contribution in [0.3, 0.4) is 0 Å². The van der Waals surface area contributed by atoms with Gasteiger partial charge in [0.25, 0.3) is 0 Å². The van der Waals surface area contributed by atoms with Gasteiger partial charge in [-0.05, 0) is 0 Å². The van der Waals surface area contributed by atoms with Gasteiger partial charge in [-0.2, -0.15) is 5.10 Å². The molecule has 0 spiro atoms. The quantitative estimate of drug-likeness (QED) is 0.732. The van der Waals surface area contributed by atoms with Gasteiger partial charge in [-0.1, -0.05) is 30.3 Å². The monoisotopic (exact) mass is 340 g/mol. The predicted octanol–water partition coefficient (Wildman–Crippen LogP) is 3.12. The molecule has 0 bridgehead atoms. The summed E-state index contributed by atoms with van der Waals surface area (Å²) in [7, 11) is 1.95. The van der Waals surface area contributed by atoms with Gasteiger partial charge in [-0.15, -0.1) is 11.3 Å². The van der Waals surface area contributed by atoms with Crippen LogP contribution in [0, 0.1) is 0 Å². The summed E-state index contributed by atoms with van der Waals surface area (Å²) >= 11 is 1.70. The van der Waals surface area contributed by atoms with E-state index in [1.54, 1.807) is 11.3 Å². The molecule has 4 rings (SSSR count). The molecule has 1 saturated heterocycles. The van der Waals surface area contributed by atoms with Crippen molar-refractivity contribution in [3.05, 3.63) is 59.4 Å². The number of thiazole rings is 1. The molecule has 3 heterocycles. The second-order valence-electron chi connectivity index (χ2n) is 6.03. The second-order valence-corrected chi connectivity index (χ2v) is 6.89. The highest BCUT2D eigenvalue weighted by molar-refractivity contribution is 7.13. The van der Waals surface area contributed by atoms with Crippen LogP contribution in [0.1, 0.15) is 17.3 Å². The van der Waals surface area contributed by atoms with Gasteiger partial charge >= 0.3 is 0 Å². The van der Waals surface area contributed by atoms with Gasteiger partial charge in [0.15, 0.2) is 0 Å². The van der Waals surface area contributed by atoms with Crippen LogP contribution in [-0.2, 0) is 18.3 Å². The maximum absolute atomic E-state index is 5.73. The molecule has 3 aromatic rings. The van der Waals surface area contributed by atoms with Crippen LogP contribution in [0.2, 0.25) is 0 Å². The number of benzene rings is 1. The fourth-order valence-corrected chi connectivity index (χ4v) is 3.91. The Morgan fingerprint density at radius 2 is 2.17 bits per heavy atom. The first-order valence-corrected chi connectivity index (χ1v) is 8.98. The summed E-state index contributed by atoms with van der Waals surface area (Å²) in [5.74, 6) is 0. The van der Waals surface area contributed by atoms with E-state index in [9.17, 15) is 0 Å². The molecule has 1 aliphatic rings. The van der Waals surface area contributed by atoms with Gasteiger partial charge in [0.2, 0.25) is 0 Å². The van der Waals surface area contributed by atoms with Crippen LogP contribution in [0.25, 0.3) is 10.6 Å². The van der Waals surface area contributed by atoms with Crippen molar-refractivity contribution in [3.63, 3.8) is 0 Å². The fraction of sp³-hybridized carbons (Fsp3) is 0.333. The highest BCUT2D eigenvalue weighted by Crippen LogP contribution is 2.30. The Labute approximate surface area is 145 Å². The van der Waals surface area contributed by atoms with Crippen LogP contribution >= 0.6 is 11.3 Å². The zero-order chi connectivity index (χ0) is 16.4. The van der Waals surface area contributed by atoms with E-state index in [0.29, 0.717) is 6.61 Å². The Balaban J connectivity index is 1.55. The van der Waals surface area contributed by atoms with Crippen LogP contribution in [-0.4, -0.2) is 39.4 Å². The summed E-state index contributed by atoms with van der Waals surface area (Å²) < 4.78 is 7.58. The van der Waals surface area contributed by atoms with Gasteiger partial charge in [0.1, 0.15) is 5.01 Å². The molecule has 1 aliphatic heterocycles. The number of hydrogen-bond acceptors (Lipinski definition) is 5. The van der Waals surface area contributed by atoms with Crippen LogP contribution in [0.5, 0.6) is 0 Å². The predicted molar refractivity (Wildman–Crippen MR) is 94.7 cm³/mol. The van der Waals surface area contributed by atoms with Crippen molar-refractivity contribution in [1.29, 1.82) is 0 Å². The van der Waals surface area contributed by atoms with E-state index in [1.165, 1.54) is 11.1 Å². The minimum absolute atomic E-state index is 0.202. The molecule has 0 saturated carbocycles. The summed E-state index contributed by atoms with van der Waals surface area (Å²) in [5.41, 5.74) is 3.50. The number of morpholine rings is 1. The summed E-state index contributed by atoms with van der Waals surface area (Å²) in [4.78, 5) is 7.31. The molecule has 0 radical (unpaired) electrons. The van der Waals surface area contributed by atoms with Crippen LogP contribution in [0.4, 0.5) is 0 Å². The highest BCUT2D eigenvalue weighted by Gasteiger charge is 2.27. The molecule has 2 aromatic heterocycles. The molecule has 24 heavy (non-hydrogen) atoms. The van der Waals surface area contributed by atoms with Crippen molar-refractivity contribution in [2.75, 3.05) is 19.8 Å². The van der Waals surface area contributed by atoms with Crippen molar-refractivity contribution < 1.29 is 4.74 Å². The molecule has 1 atom stereocenters. The lowest BCUT2D eigenvalue weighted by Crippen LogP contribution is -2.39. The van der Waals surface area contributed by atoms with E-state index in [0.717, 1.165) is 30.4 Å². The molecule has 1 aromatic carbocycles. The van der Waals surface area contributed by atoms with Crippen molar-refractivity contribution >= 4 is 11.3 Å². The molecule has 0 N–H and O–H groups in total. The van der Waals surface area contributed by atoms with E-state index >= 15 is 0 Å². The molecular formula is C18H20N4OS. The normalized spacial score (nSPS) is 18.8. The van der Waals surface area contributed by atoms with Gasteiger partial charge in [0.05, 0.1) is 31.1 Å². The lowest BCUT2D eigenvalue weighted by Gasteiger charge is -2.34. The number of aromatic nitrogens is 3. The van der Waals surface area contributed by atoms with E-state index < -0.39 is 0 Å². The molecule has 124 valence electrons. The minimum Gasteiger partial charge on any atom is -0.378 e. The number of ether oxygens (including phenoxy) is 1. The van der Waals surface area contributed by atoms with E-state index in [1.807, 2.05) is 24.0 Å². The standard InChI is InChI=1S/C18H20N4OS/c1-21-10-14(9-19-21)11-22-7-8-23-12-17(22)16-13-24-18(20-16)15-5-3-2-4-6-15/h2-6,9-10,13,17H,7-8,11-12H2,1H3. The molecule has 1 fully saturated rings. The first-order valence-electron chi connectivity index (χ1n) is 8.10. The zero-order valence-corrected chi connectivity index (χ0v) is 14.4. The van der Waals surface area contributed by atoms with Crippen molar-refractivity contribution in [2.45, 2.75) is 12.6 Å². The van der Waals surface area contributed by atoms with Crippen LogP contribution < -0.4 is 0 Å². The number of rotatable bonds is 4. The minimum atomic E-state index is 0.202. The third kappa shape index (κ3) is 3.26. The number of nitrogens with zero attached hydrogens (tertiary/aromatic N) is 4. The van der Waals surface area contributed by atoms with Crippen molar-refractivity contribution in [3.8, 4) is 10.6 Å². The van der Waals surface area contributed by atoms with Crippen molar-refractivity contribution in [2.24, 2.45) is 7.05 Å². The average molecular weight is 340 g/mol. The van der Waals surface area contributed by atoms with E-state index in [-0.39, 0.29) is 6.04 Å². The molecule has 1 unspecified atom stereocenters. The Morgan fingerprint density at radius 1 is 1.29 bits per heavy atom. The number of aryl methyl sites for hydroxylation is 1. The third-order valence-electron chi connectivity index (χ3n) is 4.27. The van der Waals surface area contributed by atoms with Gasteiger partial charge in [0, 0.05) is 42.8 Å². The largest absolute Gasteiger partial charge is 0.378 e. The van der Waals surface area contributed by atoms with E-state index in [2.05, 4.69) is 45.8 Å². The second kappa shape index (κ2) is 6.84. The summed E-state index contributed by atoms with van der Waals surface area (Å²) in [6.07, 6.45) is 4.01. The van der Waals surface area contributed by atoms with Gasteiger partial charge in [-0.3, -0.25) is 9.58 Å².